The molecule has 132 valence electrons. The summed E-state index contributed by atoms with van der Waals surface area (Å²) in [6.07, 6.45) is 1.83. The fraction of sp³-hybridized carbons (Fsp3) is 0.286. The average molecular weight is 348 g/mol. The number of benzene rings is 1. The molecule has 3 aromatic rings. The van der Waals surface area contributed by atoms with Gasteiger partial charge < -0.3 is 4.74 Å². The summed E-state index contributed by atoms with van der Waals surface area (Å²) < 4.78 is 6.84. The molecule has 5 heteroatoms. The van der Waals surface area contributed by atoms with Gasteiger partial charge in [0.1, 0.15) is 11.3 Å². The molecule has 1 aliphatic rings. The lowest BCUT2D eigenvalue weighted by Crippen LogP contribution is -2.25. The van der Waals surface area contributed by atoms with Gasteiger partial charge in [0.2, 0.25) is 0 Å². The highest BCUT2D eigenvalue weighted by Gasteiger charge is 2.35. The number of pyridine rings is 2. The van der Waals surface area contributed by atoms with E-state index < -0.39 is 5.97 Å². The number of aryl methyl sites for hydroxylation is 2. The maximum Gasteiger partial charge on any atom is 0.355 e. The molecule has 1 fully saturated rings. The second-order valence-electron chi connectivity index (χ2n) is 6.81. The molecule has 1 aliphatic carbocycles. The van der Waals surface area contributed by atoms with Crippen LogP contribution in [0.2, 0.25) is 0 Å². The molecule has 0 N–H and O–H groups in total. The van der Waals surface area contributed by atoms with Crippen molar-refractivity contribution in [1.82, 2.24) is 9.55 Å². The Hall–Kier alpha value is -2.95. The van der Waals surface area contributed by atoms with Gasteiger partial charge in [0.05, 0.1) is 12.5 Å². The summed E-state index contributed by atoms with van der Waals surface area (Å²) in [6, 6.07) is 11.4. The van der Waals surface area contributed by atoms with Gasteiger partial charge in [0.25, 0.3) is 0 Å². The highest BCUT2D eigenvalue weighted by molar-refractivity contribution is 5.95. The first-order valence-corrected chi connectivity index (χ1v) is 8.73. The molecule has 2 heterocycles. The van der Waals surface area contributed by atoms with Crippen LogP contribution < -0.4 is 5.43 Å². The number of aromatic nitrogens is 2. The molecule has 1 aromatic carbocycles. The first-order valence-electron chi connectivity index (χ1n) is 8.73. The van der Waals surface area contributed by atoms with Crippen molar-refractivity contribution in [2.75, 3.05) is 7.11 Å². The number of fused-ring (bicyclic) bond motifs is 1. The van der Waals surface area contributed by atoms with E-state index in [1.807, 2.05) is 50.2 Å². The molecule has 2 aromatic heterocycles. The minimum atomic E-state index is -0.504. The lowest BCUT2D eigenvalue weighted by atomic mass is 10.0. The van der Waals surface area contributed by atoms with Gasteiger partial charge >= 0.3 is 5.97 Å². The average Bonchev–Trinajstić information content (AvgIpc) is 3.45. The van der Waals surface area contributed by atoms with Gasteiger partial charge in [-0.15, -0.1) is 0 Å². The second-order valence-corrected chi connectivity index (χ2v) is 6.81. The molecule has 0 saturated heterocycles. The van der Waals surface area contributed by atoms with Crippen molar-refractivity contribution in [2.45, 2.75) is 32.6 Å². The number of hydrogen-bond donors (Lipinski definition) is 0. The van der Waals surface area contributed by atoms with E-state index in [2.05, 4.69) is 4.98 Å². The number of nitrogens with zero attached hydrogens (tertiary/aromatic N) is 2. The number of rotatable bonds is 3. The highest BCUT2D eigenvalue weighted by Crippen LogP contribution is 2.41. The molecule has 0 unspecified atom stereocenters. The summed E-state index contributed by atoms with van der Waals surface area (Å²) in [5, 5.41) is 0.578. The molecule has 26 heavy (non-hydrogen) atoms. The third-order valence-corrected chi connectivity index (χ3v) is 4.87. The Kier molecular flexibility index (Phi) is 3.87. The number of para-hydroxylation sites is 1. The minimum absolute atomic E-state index is 0.0971. The lowest BCUT2D eigenvalue weighted by molar-refractivity contribution is 0.0589. The molecule has 0 amide bonds. The number of esters is 1. The molecule has 5 nitrogen and oxygen atoms in total. The second kappa shape index (κ2) is 6.09. The standard InChI is InChI=1S/C21H20N2O3/c1-12-11-13(2)22-20-16(12)19(24)17(14-9-10-14)18(21(25)26-3)23(20)15-7-5-4-6-8-15/h4-8,11,14H,9-10H2,1-3H3. The van der Waals surface area contributed by atoms with Crippen molar-refractivity contribution in [3.63, 3.8) is 0 Å². The van der Waals surface area contributed by atoms with Gasteiger partial charge in [0, 0.05) is 16.9 Å². The molecule has 0 radical (unpaired) electrons. The maximum absolute atomic E-state index is 13.3. The van der Waals surface area contributed by atoms with E-state index in [1.165, 1.54) is 7.11 Å². The van der Waals surface area contributed by atoms with Crippen LogP contribution in [0, 0.1) is 13.8 Å². The van der Waals surface area contributed by atoms with E-state index in [9.17, 15) is 9.59 Å². The Morgan fingerprint density at radius 2 is 1.88 bits per heavy atom. The summed E-state index contributed by atoms with van der Waals surface area (Å²) in [5.41, 5.74) is 3.73. The van der Waals surface area contributed by atoms with Crippen LogP contribution in [0.4, 0.5) is 0 Å². The van der Waals surface area contributed by atoms with Crippen LogP contribution in [0.3, 0.4) is 0 Å². The van der Waals surface area contributed by atoms with Crippen LogP contribution in [0.1, 0.15) is 46.1 Å². The molecule has 0 atom stereocenters. The monoisotopic (exact) mass is 348 g/mol. The molecular formula is C21H20N2O3. The molecule has 1 saturated carbocycles. The van der Waals surface area contributed by atoms with Gasteiger partial charge in [-0.3, -0.25) is 9.36 Å². The summed E-state index contributed by atoms with van der Waals surface area (Å²) in [6.45, 7) is 3.81. The van der Waals surface area contributed by atoms with Gasteiger partial charge in [-0.1, -0.05) is 18.2 Å². The molecular weight excluding hydrogens is 328 g/mol. The number of carbonyl (C=O) groups excluding carboxylic acids is 1. The van der Waals surface area contributed by atoms with E-state index in [0.29, 0.717) is 22.3 Å². The Bertz CT molecular complexity index is 1080. The molecule has 0 aliphatic heterocycles. The molecule has 0 spiro atoms. The van der Waals surface area contributed by atoms with E-state index in [4.69, 9.17) is 4.74 Å². The number of carbonyl (C=O) groups is 1. The van der Waals surface area contributed by atoms with Gasteiger partial charge in [0.15, 0.2) is 5.43 Å². The van der Waals surface area contributed by atoms with Crippen LogP contribution in [0.25, 0.3) is 16.7 Å². The van der Waals surface area contributed by atoms with Crippen LogP contribution in [0.5, 0.6) is 0 Å². The summed E-state index contributed by atoms with van der Waals surface area (Å²) in [7, 11) is 1.35. The van der Waals surface area contributed by atoms with E-state index in [-0.39, 0.29) is 11.3 Å². The predicted molar refractivity (Wildman–Crippen MR) is 100 cm³/mol. The fourth-order valence-corrected chi connectivity index (χ4v) is 3.61. The Balaban J connectivity index is 2.26. The van der Waals surface area contributed by atoms with E-state index in [1.54, 1.807) is 4.57 Å². The zero-order valence-corrected chi connectivity index (χ0v) is 15.1. The van der Waals surface area contributed by atoms with Crippen molar-refractivity contribution >= 4 is 17.0 Å². The van der Waals surface area contributed by atoms with E-state index in [0.717, 1.165) is 29.8 Å². The zero-order chi connectivity index (χ0) is 18.4. The normalized spacial score (nSPS) is 13.8. The summed E-state index contributed by atoms with van der Waals surface area (Å²) >= 11 is 0. The van der Waals surface area contributed by atoms with Gasteiger partial charge in [-0.25, -0.2) is 9.78 Å². The van der Waals surface area contributed by atoms with Crippen molar-refractivity contribution < 1.29 is 9.53 Å². The first-order chi connectivity index (χ1) is 12.5. The largest absolute Gasteiger partial charge is 0.464 e. The summed E-state index contributed by atoms with van der Waals surface area (Å²) in [5.74, 6) is -0.396. The zero-order valence-electron chi connectivity index (χ0n) is 15.1. The van der Waals surface area contributed by atoms with Crippen LogP contribution in [-0.2, 0) is 4.74 Å². The Morgan fingerprint density at radius 3 is 2.50 bits per heavy atom. The number of ether oxygens (including phenoxy) is 1. The van der Waals surface area contributed by atoms with Crippen molar-refractivity contribution in [1.29, 1.82) is 0 Å². The quantitative estimate of drug-likeness (QED) is 0.678. The summed E-state index contributed by atoms with van der Waals surface area (Å²) in [4.78, 5) is 30.6. The van der Waals surface area contributed by atoms with Crippen molar-refractivity contribution in [3.05, 3.63) is 69.1 Å². The maximum atomic E-state index is 13.3. The SMILES string of the molecule is COC(=O)c1c(C2CC2)c(=O)c2c(C)cc(C)nc2n1-c1ccccc1. The van der Waals surface area contributed by atoms with Crippen molar-refractivity contribution in [3.8, 4) is 5.69 Å². The fourth-order valence-electron chi connectivity index (χ4n) is 3.61. The lowest BCUT2D eigenvalue weighted by Gasteiger charge is -2.19. The van der Waals surface area contributed by atoms with Crippen LogP contribution in [0.15, 0.2) is 41.2 Å². The van der Waals surface area contributed by atoms with Gasteiger partial charge in [-0.2, -0.15) is 0 Å². The van der Waals surface area contributed by atoms with Crippen molar-refractivity contribution in [2.24, 2.45) is 0 Å². The van der Waals surface area contributed by atoms with Crippen LogP contribution in [-0.4, -0.2) is 22.6 Å². The Labute approximate surface area is 151 Å². The number of hydrogen-bond acceptors (Lipinski definition) is 4. The van der Waals surface area contributed by atoms with Gasteiger partial charge in [-0.05, 0) is 56.4 Å². The highest BCUT2D eigenvalue weighted by atomic mass is 16.5. The smallest absolute Gasteiger partial charge is 0.355 e. The number of methoxy groups -OCH3 is 1. The topological polar surface area (TPSA) is 61.2 Å². The van der Waals surface area contributed by atoms with Crippen LogP contribution >= 0.6 is 0 Å². The predicted octanol–water partition coefficient (Wildman–Crippen LogP) is 3.67. The Morgan fingerprint density at radius 1 is 1.19 bits per heavy atom. The third kappa shape index (κ3) is 2.51. The minimum Gasteiger partial charge on any atom is -0.464 e. The molecule has 0 bridgehead atoms. The molecule has 4 rings (SSSR count). The third-order valence-electron chi connectivity index (χ3n) is 4.87. The first kappa shape index (κ1) is 16.5. The van der Waals surface area contributed by atoms with E-state index >= 15 is 0 Å².